The van der Waals surface area contributed by atoms with Gasteiger partial charge in [0.05, 0.1) is 6.20 Å². The van der Waals surface area contributed by atoms with Crippen molar-refractivity contribution in [1.82, 2.24) is 9.88 Å². The van der Waals surface area contributed by atoms with Gasteiger partial charge in [0.15, 0.2) is 0 Å². The molecule has 0 atom stereocenters. The highest BCUT2D eigenvalue weighted by Crippen LogP contribution is 2.08. The van der Waals surface area contributed by atoms with Crippen LogP contribution in [0.4, 0.5) is 0 Å². The van der Waals surface area contributed by atoms with E-state index < -0.39 is 0 Å². The van der Waals surface area contributed by atoms with Crippen molar-refractivity contribution in [2.24, 2.45) is 0 Å². The molecule has 0 aromatic carbocycles. The van der Waals surface area contributed by atoms with Crippen molar-refractivity contribution in [3.63, 3.8) is 0 Å². The van der Waals surface area contributed by atoms with E-state index in [1.165, 1.54) is 25.9 Å². The molecule has 1 aliphatic rings. The Bertz CT molecular complexity index is 313. The maximum Gasteiger partial charge on any atom is 0.137 e. The summed E-state index contributed by atoms with van der Waals surface area (Å²) in [6.07, 6.45) is 5.95. The van der Waals surface area contributed by atoms with Crippen LogP contribution in [0.5, 0.6) is 5.75 Å². The summed E-state index contributed by atoms with van der Waals surface area (Å²) in [5.41, 5.74) is 0.647. The Morgan fingerprint density at radius 2 is 2.13 bits per heavy atom. The molecule has 1 aliphatic heterocycles. The number of aromatic nitrogens is 1. The maximum absolute atomic E-state index is 5.60. The van der Waals surface area contributed by atoms with E-state index in [-0.39, 0.29) is 0 Å². The maximum atomic E-state index is 5.60. The number of hydrogen-bond acceptors (Lipinski definition) is 3. The third-order valence-corrected chi connectivity index (χ3v) is 2.61. The van der Waals surface area contributed by atoms with Gasteiger partial charge in [0.2, 0.25) is 0 Å². The van der Waals surface area contributed by atoms with E-state index in [9.17, 15) is 0 Å². The first-order valence-corrected chi connectivity index (χ1v) is 5.40. The van der Waals surface area contributed by atoms with Crippen LogP contribution in [0.2, 0.25) is 0 Å². The first kappa shape index (κ1) is 10.5. The van der Waals surface area contributed by atoms with Gasteiger partial charge in [-0.3, -0.25) is 9.88 Å². The van der Waals surface area contributed by atoms with Crippen LogP contribution >= 0.6 is 0 Å². The SMILES string of the molecule is [B]c1cncc(OCCN2CCCC2)c1. The zero-order valence-electron chi connectivity index (χ0n) is 8.85. The van der Waals surface area contributed by atoms with Gasteiger partial charge in [-0.15, -0.1) is 0 Å². The molecular formula is C11H15BN2O. The van der Waals surface area contributed by atoms with Gasteiger partial charge in [0.1, 0.15) is 20.2 Å². The number of likely N-dealkylation sites (tertiary alicyclic amines) is 1. The van der Waals surface area contributed by atoms with Crippen molar-refractivity contribution in [2.45, 2.75) is 12.8 Å². The van der Waals surface area contributed by atoms with Gasteiger partial charge in [0.25, 0.3) is 0 Å². The first-order valence-electron chi connectivity index (χ1n) is 5.40. The molecular weight excluding hydrogens is 187 g/mol. The Balaban J connectivity index is 1.73. The summed E-state index contributed by atoms with van der Waals surface area (Å²) < 4.78 is 5.56. The molecule has 0 N–H and O–H groups in total. The van der Waals surface area contributed by atoms with E-state index in [1.54, 1.807) is 18.5 Å². The van der Waals surface area contributed by atoms with Gasteiger partial charge in [0, 0.05) is 12.7 Å². The van der Waals surface area contributed by atoms with E-state index in [2.05, 4.69) is 9.88 Å². The summed E-state index contributed by atoms with van der Waals surface area (Å²) >= 11 is 0. The second kappa shape index (κ2) is 5.17. The van der Waals surface area contributed by atoms with Crippen molar-refractivity contribution in [1.29, 1.82) is 0 Å². The lowest BCUT2D eigenvalue weighted by Crippen LogP contribution is -2.25. The molecule has 1 fully saturated rings. The second-order valence-electron chi connectivity index (χ2n) is 3.85. The predicted octanol–water partition coefficient (Wildman–Crippen LogP) is 0.350. The molecule has 2 rings (SSSR count). The third-order valence-electron chi connectivity index (χ3n) is 2.61. The number of pyridine rings is 1. The number of rotatable bonds is 4. The number of hydrogen-bond donors (Lipinski definition) is 0. The lowest BCUT2D eigenvalue weighted by Gasteiger charge is -2.14. The van der Waals surface area contributed by atoms with E-state index in [4.69, 9.17) is 12.6 Å². The van der Waals surface area contributed by atoms with Crippen molar-refractivity contribution in [3.05, 3.63) is 18.5 Å². The summed E-state index contributed by atoms with van der Waals surface area (Å²) in [5, 5.41) is 0. The van der Waals surface area contributed by atoms with Gasteiger partial charge in [-0.25, -0.2) is 0 Å². The van der Waals surface area contributed by atoms with Crippen molar-refractivity contribution in [2.75, 3.05) is 26.2 Å². The minimum atomic E-state index is 0.647. The van der Waals surface area contributed by atoms with E-state index in [1.807, 2.05) is 0 Å². The van der Waals surface area contributed by atoms with Gasteiger partial charge >= 0.3 is 0 Å². The van der Waals surface area contributed by atoms with Crippen LogP contribution in [0.15, 0.2) is 18.5 Å². The molecule has 4 heteroatoms. The second-order valence-corrected chi connectivity index (χ2v) is 3.85. The molecule has 0 bridgehead atoms. The monoisotopic (exact) mass is 202 g/mol. The molecule has 1 aromatic rings. The fraction of sp³-hybridized carbons (Fsp3) is 0.545. The fourth-order valence-corrected chi connectivity index (χ4v) is 1.81. The van der Waals surface area contributed by atoms with Crippen LogP contribution in [0, 0.1) is 0 Å². The molecule has 1 aromatic heterocycles. The molecule has 0 spiro atoms. The van der Waals surface area contributed by atoms with Crippen LogP contribution in [-0.2, 0) is 0 Å². The molecule has 15 heavy (non-hydrogen) atoms. The van der Waals surface area contributed by atoms with Crippen molar-refractivity contribution < 1.29 is 4.74 Å². The van der Waals surface area contributed by atoms with E-state index >= 15 is 0 Å². The molecule has 0 amide bonds. The smallest absolute Gasteiger partial charge is 0.137 e. The summed E-state index contributed by atoms with van der Waals surface area (Å²) in [4.78, 5) is 6.39. The van der Waals surface area contributed by atoms with Crippen molar-refractivity contribution in [3.8, 4) is 5.75 Å². The number of ether oxygens (including phenoxy) is 1. The molecule has 0 unspecified atom stereocenters. The Hall–Kier alpha value is -1.03. The topological polar surface area (TPSA) is 25.4 Å². The molecule has 0 aliphatic carbocycles. The summed E-state index contributed by atoms with van der Waals surface area (Å²) in [6.45, 7) is 4.12. The third kappa shape index (κ3) is 3.24. The standard InChI is InChI=1S/C11H15BN2O/c12-10-7-11(9-13-8-10)15-6-5-14-3-1-2-4-14/h7-9H,1-6H2. The Labute approximate surface area is 91.9 Å². The van der Waals surface area contributed by atoms with E-state index in [0.29, 0.717) is 12.1 Å². The highest BCUT2D eigenvalue weighted by atomic mass is 16.5. The lowest BCUT2D eigenvalue weighted by molar-refractivity contribution is 0.237. The molecule has 0 saturated carbocycles. The quantitative estimate of drug-likeness (QED) is 0.658. The van der Waals surface area contributed by atoms with Crippen LogP contribution in [-0.4, -0.2) is 44.0 Å². The molecule has 1 saturated heterocycles. The largest absolute Gasteiger partial charge is 0.491 e. The van der Waals surface area contributed by atoms with Gasteiger partial charge < -0.3 is 4.74 Å². The molecule has 78 valence electrons. The predicted molar refractivity (Wildman–Crippen MR) is 60.8 cm³/mol. The van der Waals surface area contributed by atoms with Crippen molar-refractivity contribution >= 4 is 13.3 Å². The normalized spacial score (nSPS) is 16.8. The van der Waals surface area contributed by atoms with Crippen LogP contribution < -0.4 is 10.2 Å². The van der Waals surface area contributed by atoms with Gasteiger partial charge in [-0.05, 0) is 32.0 Å². The Kier molecular flexibility index (Phi) is 3.61. The zero-order valence-corrected chi connectivity index (χ0v) is 8.85. The lowest BCUT2D eigenvalue weighted by atomic mass is 9.99. The highest BCUT2D eigenvalue weighted by Gasteiger charge is 2.10. The summed E-state index contributed by atoms with van der Waals surface area (Å²) in [7, 11) is 5.60. The summed E-state index contributed by atoms with van der Waals surface area (Å²) in [6, 6.07) is 1.80. The Morgan fingerprint density at radius 3 is 2.87 bits per heavy atom. The Morgan fingerprint density at radius 1 is 1.33 bits per heavy atom. The van der Waals surface area contributed by atoms with Crippen LogP contribution in [0.25, 0.3) is 0 Å². The molecule has 3 nitrogen and oxygen atoms in total. The average Bonchev–Trinajstić information content (AvgIpc) is 2.71. The van der Waals surface area contributed by atoms with Gasteiger partial charge in [-0.2, -0.15) is 0 Å². The fourth-order valence-electron chi connectivity index (χ4n) is 1.81. The highest BCUT2D eigenvalue weighted by molar-refractivity contribution is 6.32. The number of nitrogens with zero attached hydrogens (tertiary/aromatic N) is 2. The minimum Gasteiger partial charge on any atom is -0.491 e. The van der Waals surface area contributed by atoms with E-state index in [0.717, 1.165) is 12.3 Å². The summed E-state index contributed by atoms with van der Waals surface area (Å²) in [5.74, 6) is 0.759. The first-order chi connectivity index (χ1) is 7.34. The van der Waals surface area contributed by atoms with Crippen LogP contribution in [0.1, 0.15) is 12.8 Å². The molecule has 2 heterocycles. The van der Waals surface area contributed by atoms with Gasteiger partial charge in [-0.1, -0.05) is 5.46 Å². The zero-order chi connectivity index (χ0) is 10.5. The average molecular weight is 202 g/mol. The molecule has 2 radical (unpaired) electrons. The van der Waals surface area contributed by atoms with Crippen LogP contribution in [0.3, 0.4) is 0 Å². The minimum absolute atomic E-state index is 0.647.